The van der Waals surface area contributed by atoms with Gasteiger partial charge in [0.2, 0.25) is 6.79 Å². The van der Waals surface area contributed by atoms with Gasteiger partial charge in [-0.05, 0) is 37.0 Å². The highest BCUT2D eigenvalue weighted by molar-refractivity contribution is 5.95. The monoisotopic (exact) mass is 263 g/mol. The van der Waals surface area contributed by atoms with Crippen molar-refractivity contribution in [2.24, 2.45) is 5.92 Å². The molecule has 0 spiro atoms. The molecule has 0 bridgehead atoms. The summed E-state index contributed by atoms with van der Waals surface area (Å²) in [4.78, 5) is 12.2. The summed E-state index contributed by atoms with van der Waals surface area (Å²) in [5, 5.41) is 3.07. The molecule has 1 aromatic rings. The molecule has 4 nitrogen and oxygen atoms in total. The maximum Gasteiger partial charge on any atom is 0.251 e. The zero-order valence-corrected chi connectivity index (χ0v) is 11.7. The first-order valence-corrected chi connectivity index (χ1v) is 6.80. The van der Waals surface area contributed by atoms with E-state index in [1.165, 1.54) is 0 Å². The van der Waals surface area contributed by atoms with Gasteiger partial charge in [-0.15, -0.1) is 0 Å². The van der Waals surface area contributed by atoms with Crippen LogP contribution in [0.2, 0.25) is 0 Å². The summed E-state index contributed by atoms with van der Waals surface area (Å²) in [5.74, 6) is 1.86. The van der Waals surface area contributed by atoms with E-state index in [9.17, 15) is 4.79 Å². The Morgan fingerprint density at radius 3 is 2.74 bits per heavy atom. The van der Waals surface area contributed by atoms with Crippen molar-refractivity contribution >= 4 is 5.91 Å². The van der Waals surface area contributed by atoms with E-state index in [-0.39, 0.29) is 18.7 Å². The summed E-state index contributed by atoms with van der Waals surface area (Å²) in [6.07, 6.45) is 1.93. The quantitative estimate of drug-likeness (QED) is 0.888. The molecular formula is C15H21NO3. The third kappa shape index (κ3) is 3.40. The molecule has 0 fully saturated rings. The maximum absolute atomic E-state index is 12.2. The minimum Gasteiger partial charge on any atom is -0.454 e. The highest BCUT2D eigenvalue weighted by Crippen LogP contribution is 2.32. The SMILES string of the molecule is CCC(CC(C)C)NC(=O)c1ccc2c(c1)OCO2. The zero-order valence-electron chi connectivity index (χ0n) is 11.7. The van der Waals surface area contributed by atoms with Gasteiger partial charge in [0, 0.05) is 11.6 Å². The van der Waals surface area contributed by atoms with Gasteiger partial charge in [-0.3, -0.25) is 4.79 Å². The number of carbonyl (C=O) groups excluding carboxylic acids is 1. The Hall–Kier alpha value is -1.71. The van der Waals surface area contributed by atoms with Gasteiger partial charge >= 0.3 is 0 Å². The van der Waals surface area contributed by atoms with Crippen LogP contribution in [0.25, 0.3) is 0 Å². The third-order valence-corrected chi connectivity index (χ3v) is 3.22. The highest BCUT2D eigenvalue weighted by atomic mass is 16.7. The molecule has 0 radical (unpaired) electrons. The number of rotatable bonds is 5. The summed E-state index contributed by atoms with van der Waals surface area (Å²) in [5.41, 5.74) is 0.617. The van der Waals surface area contributed by atoms with E-state index in [2.05, 4.69) is 26.1 Å². The summed E-state index contributed by atoms with van der Waals surface area (Å²) >= 11 is 0. The van der Waals surface area contributed by atoms with Crippen LogP contribution in [0.3, 0.4) is 0 Å². The largest absolute Gasteiger partial charge is 0.454 e. The molecule has 104 valence electrons. The average molecular weight is 263 g/mol. The topological polar surface area (TPSA) is 47.6 Å². The summed E-state index contributed by atoms with van der Waals surface area (Å²) in [7, 11) is 0. The van der Waals surface area contributed by atoms with Gasteiger partial charge in [0.1, 0.15) is 0 Å². The number of hydrogen-bond donors (Lipinski definition) is 1. The lowest BCUT2D eigenvalue weighted by atomic mass is 10.0. The van der Waals surface area contributed by atoms with Gasteiger partial charge < -0.3 is 14.8 Å². The van der Waals surface area contributed by atoms with E-state index >= 15 is 0 Å². The minimum absolute atomic E-state index is 0.0502. The zero-order chi connectivity index (χ0) is 13.8. The molecule has 1 atom stereocenters. The minimum atomic E-state index is -0.0502. The molecule has 1 amide bonds. The van der Waals surface area contributed by atoms with Gasteiger partial charge in [-0.25, -0.2) is 0 Å². The van der Waals surface area contributed by atoms with Crippen molar-refractivity contribution in [2.45, 2.75) is 39.7 Å². The van der Waals surface area contributed by atoms with Gasteiger partial charge in [-0.1, -0.05) is 20.8 Å². The predicted molar refractivity (Wildman–Crippen MR) is 73.6 cm³/mol. The van der Waals surface area contributed by atoms with Crippen LogP contribution in [0, 0.1) is 5.92 Å². The Bertz CT molecular complexity index is 457. The lowest BCUT2D eigenvalue weighted by Gasteiger charge is -2.19. The number of amides is 1. The molecule has 0 saturated carbocycles. The fraction of sp³-hybridized carbons (Fsp3) is 0.533. The molecule has 0 aliphatic carbocycles. The van der Waals surface area contributed by atoms with Crippen LogP contribution in [-0.4, -0.2) is 18.7 Å². The smallest absolute Gasteiger partial charge is 0.251 e. The summed E-state index contributed by atoms with van der Waals surface area (Å²) in [6.45, 7) is 6.64. The van der Waals surface area contributed by atoms with Crippen LogP contribution in [0.4, 0.5) is 0 Å². The molecule has 1 aliphatic rings. The van der Waals surface area contributed by atoms with Crippen molar-refractivity contribution in [3.63, 3.8) is 0 Å². The predicted octanol–water partition coefficient (Wildman–Crippen LogP) is 2.97. The number of nitrogens with one attached hydrogen (secondary N) is 1. The first-order valence-electron chi connectivity index (χ1n) is 6.80. The molecule has 1 N–H and O–H groups in total. The number of hydrogen-bond acceptors (Lipinski definition) is 3. The summed E-state index contributed by atoms with van der Waals surface area (Å²) < 4.78 is 10.5. The van der Waals surface area contributed by atoms with E-state index in [1.807, 2.05) is 0 Å². The normalized spacial score (nSPS) is 14.5. The molecule has 1 heterocycles. The molecule has 1 unspecified atom stereocenters. The Morgan fingerprint density at radius 2 is 2.05 bits per heavy atom. The van der Waals surface area contributed by atoms with E-state index in [0.29, 0.717) is 23.0 Å². The van der Waals surface area contributed by atoms with E-state index in [0.717, 1.165) is 12.8 Å². The van der Waals surface area contributed by atoms with Crippen LogP contribution >= 0.6 is 0 Å². The number of benzene rings is 1. The van der Waals surface area contributed by atoms with Crippen LogP contribution in [0.15, 0.2) is 18.2 Å². The van der Waals surface area contributed by atoms with Gasteiger partial charge in [0.05, 0.1) is 0 Å². The molecular weight excluding hydrogens is 242 g/mol. The van der Waals surface area contributed by atoms with Crippen molar-refractivity contribution in [1.82, 2.24) is 5.32 Å². The van der Waals surface area contributed by atoms with E-state index in [1.54, 1.807) is 18.2 Å². The first-order chi connectivity index (χ1) is 9.10. The molecule has 4 heteroatoms. The van der Waals surface area contributed by atoms with E-state index in [4.69, 9.17) is 9.47 Å². The second kappa shape index (κ2) is 5.95. The molecule has 19 heavy (non-hydrogen) atoms. The fourth-order valence-electron chi connectivity index (χ4n) is 2.20. The first kappa shape index (κ1) is 13.7. The highest BCUT2D eigenvalue weighted by Gasteiger charge is 2.18. The Balaban J connectivity index is 2.03. The molecule has 1 aromatic carbocycles. The molecule has 2 rings (SSSR count). The number of ether oxygens (including phenoxy) is 2. The molecule has 0 aromatic heterocycles. The molecule has 0 saturated heterocycles. The second-order valence-corrected chi connectivity index (χ2v) is 5.28. The Labute approximate surface area is 114 Å². The lowest BCUT2D eigenvalue weighted by molar-refractivity contribution is 0.0930. The van der Waals surface area contributed by atoms with Crippen molar-refractivity contribution in [2.75, 3.05) is 6.79 Å². The number of fused-ring (bicyclic) bond motifs is 1. The Kier molecular flexibility index (Phi) is 4.30. The van der Waals surface area contributed by atoms with Crippen LogP contribution < -0.4 is 14.8 Å². The van der Waals surface area contributed by atoms with Crippen LogP contribution in [0.5, 0.6) is 11.5 Å². The van der Waals surface area contributed by atoms with Crippen molar-refractivity contribution in [3.05, 3.63) is 23.8 Å². The van der Waals surface area contributed by atoms with E-state index < -0.39 is 0 Å². The van der Waals surface area contributed by atoms with Crippen LogP contribution in [-0.2, 0) is 0 Å². The van der Waals surface area contributed by atoms with Gasteiger partial charge in [0.25, 0.3) is 5.91 Å². The fourth-order valence-corrected chi connectivity index (χ4v) is 2.20. The summed E-state index contributed by atoms with van der Waals surface area (Å²) in [6, 6.07) is 5.50. The Morgan fingerprint density at radius 1 is 1.32 bits per heavy atom. The standard InChI is InChI=1S/C15H21NO3/c1-4-12(7-10(2)3)16-15(17)11-5-6-13-14(8-11)19-9-18-13/h5-6,8,10,12H,4,7,9H2,1-3H3,(H,16,17). The van der Waals surface area contributed by atoms with Crippen molar-refractivity contribution in [1.29, 1.82) is 0 Å². The van der Waals surface area contributed by atoms with Crippen molar-refractivity contribution in [3.8, 4) is 11.5 Å². The molecule has 1 aliphatic heterocycles. The maximum atomic E-state index is 12.2. The van der Waals surface area contributed by atoms with Crippen LogP contribution in [0.1, 0.15) is 44.0 Å². The van der Waals surface area contributed by atoms with Gasteiger partial charge in [-0.2, -0.15) is 0 Å². The second-order valence-electron chi connectivity index (χ2n) is 5.28. The van der Waals surface area contributed by atoms with Gasteiger partial charge in [0.15, 0.2) is 11.5 Å². The lowest BCUT2D eigenvalue weighted by Crippen LogP contribution is -2.35. The third-order valence-electron chi connectivity index (χ3n) is 3.22. The van der Waals surface area contributed by atoms with Crippen molar-refractivity contribution < 1.29 is 14.3 Å². The number of carbonyl (C=O) groups is 1. The average Bonchev–Trinajstić information content (AvgIpc) is 2.84.